The molecule has 2 rings (SSSR count). The van der Waals surface area contributed by atoms with Crippen LogP contribution in [0.2, 0.25) is 0 Å². The predicted molar refractivity (Wildman–Crippen MR) is 108 cm³/mol. The maximum atomic E-state index is 12.5. The van der Waals surface area contributed by atoms with E-state index in [-0.39, 0.29) is 36.3 Å². The van der Waals surface area contributed by atoms with Crippen molar-refractivity contribution < 1.29 is 19.4 Å². The van der Waals surface area contributed by atoms with Crippen LogP contribution in [0.25, 0.3) is 0 Å². The molecule has 0 saturated heterocycles. The number of aromatic hydroxyl groups is 1. The van der Waals surface area contributed by atoms with E-state index in [0.717, 1.165) is 11.1 Å². The van der Waals surface area contributed by atoms with E-state index < -0.39 is 6.04 Å². The number of benzene rings is 2. The van der Waals surface area contributed by atoms with E-state index in [1.165, 1.54) is 0 Å². The first kappa shape index (κ1) is 21.3. The summed E-state index contributed by atoms with van der Waals surface area (Å²) in [5.74, 6) is -0.151. The zero-order chi connectivity index (χ0) is 20.5. The molecule has 0 aliphatic heterocycles. The maximum Gasteiger partial charge on any atom is 0.315 e. The highest BCUT2D eigenvalue weighted by Crippen LogP contribution is 2.18. The second-order valence-electron chi connectivity index (χ2n) is 7.10. The van der Waals surface area contributed by atoms with E-state index in [1.807, 2.05) is 49.4 Å². The molecular weight excluding hydrogens is 356 g/mol. The fourth-order valence-electron chi connectivity index (χ4n) is 2.88. The molecule has 0 fully saturated rings. The summed E-state index contributed by atoms with van der Waals surface area (Å²) in [6.07, 6.45) is 0.476. The largest absolute Gasteiger partial charge is 0.508 e. The van der Waals surface area contributed by atoms with E-state index in [4.69, 9.17) is 4.74 Å². The number of ether oxygens (including phenoxy) is 1. The average Bonchev–Trinajstić information content (AvgIpc) is 2.63. The van der Waals surface area contributed by atoms with E-state index in [2.05, 4.69) is 10.6 Å². The predicted octanol–water partition coefficient (Wildman–Crippen LogP) is 3.71. The van der Waals surface area contributed by atoms with Gasteiger partial charge < -0.3 is 20.5 Å². The Labute approximate surface area is 165 Å². The van der Waals surface area contributed by atoms with Gasteiger partial charge in [-0.25, -0.2) is 4.79 Å². The lowest BCUT2D eigenvalue weighted by atomic mass is 10.0. The van der Waals surface area contributed by atoms with Gasteiger partial charge in [0.15, 0.2) is 0 Å². The van der Waals surface area contributed by atoms with Gasteiger partial charge in [-0.05, 0) is 50.5 Å². The first-order valence-electron chi connectivity index (χ1n) is 9.43. The minimum absolute atomic E-state index is 0.0575. The van der Waals surface area contributed by atoms with Gasteiger partial charge in [0.25, 0.3) is 0 Å². The lowest BCUT2D eigenvalue weighted by molar-refractivity contribution is -0.147. The summed E-state index contributed by atoms with van der Waals surface area (Å²) in [4.78, 5) is 24.6. The number of hydrogen-bond acceptors (Lipinski definition) is 4. The molecule has 0 aliphatic carbocycles. The monoisotopic (exact) mass is 384 g/mol. The van der Waals surface area contributed by atoms with Gasteiger partial charge in [0.2, 0.25) is 0 Å². The number of carbonyl (C=O) groups excluding carboxylic acids is 2. The van der Waals surface area contributed by atoms with Crippen LogP contribution in [0.3, 0.4) is 0 Å². The lowest BCUT2D eigenvalue weighted by Gasteiger charge is -2.21. The average molecular weight is 384 g/mol. The molecule has 2 atom stereocenters. The molecule has 3 N–H and O–H groups in total. The van der Waals surface area contributed by atoms with E-state index in [9.17, 15) is 14.7 Å². The zero-order valence-electron chi connectivity index (χ0n) is 16.5. The number of phenols is 1. The molecule has 2 amide bonds. The third-order valence-electron chi connectivity index (χ3n) is 4.10. The molecule has 2 aromatic rings. The van der Waals surface area contributed by atoms with Crippen LogP contribution in [0.4, 0.5) is 4.79 Å². The molecule has 0 spiro atoms. The molecule has 0 aliphatic rings. The van der Waals surface area contributed by atoms with Crippen LogP contribution >= 0.6 is 0 Å². The quantitative estimate of drug-likeness (QED) is 0.606. The molecule has 0 bridgehead atoms. The van der Waals surface area contributed by atoms with Crippen LogP contribution in [-0.4, -0.2) is 29.3 Å². The van der Waals surface area contributed by atoms with Crippen LogP contribution < -0.4 is 10.6 Å². The van der Waals surface area contributed by atoms with Gasteiger partial charge in [0.05, 0.1) is 18.6 Å². The standard InChI is InChI=1S/C22H28N2O4/c1-15(2)28-21(26)14-20(18-7-5-4-6-8-18)24-22(27)23-16(3)13-17-9-11-19(25)12-10-17/h4-12,15-16,20,25H,13-14H2,1-3H3,(H2,23,24,27)/t16-,20+/m1/s1. The summed E-state index contributed by atoms with van der Waals surface area (Å²) in [5, 5.41) is 15.1. The Bertz CT molecular complexity index is 760. The summed E-state index contributed by atoms with van der Waals surface area (Å²) >= 11 is 0. The van der Waals surface area contributed by atoms with Crippen LogP contribution in [0.5, 0.6) is 5.75 Å². The van der Waals surface area contributed by atoms with Crippen molar-refractivity contribution >= 4 is 12.0 Å². The molecule has 0 saturated carbocycles. The number of rotatable bonds is 8. The first-order valence-corrected chi connectivity index (χ1v) is 9.43. The number of esters is 1. The van der Waals surface area contributed by atoms with Gasteiger partial charge in [-0.2, -0.15) is 0 Å². The highest BCUT2D eigenvalue weighted by molar-refractivity contribution is 5.77. The fraction of sp³-hybridized carbons (Fsp3) is 0.364. The van der Waals surface area contributed by atoms with Gasteiger partial charge in [-0.3, -0.25) is 4.79 Å². The normalized spacial score (nSPS) is 12.9. The second kappa shape index (κ2) is 10.3. The van der Waals surface area contributed by atoms with Crippen molar-refractivity contribution in [2.24, 2.45) is 0 Å². The van der Waals surface area contributed by atoms with Crippen LogP contribution in [0.15, 0.2) is 54.6 Å². The van der Waals surface area contributed by atoms with E-state index >= 15 is 0 Å². The highest BCUT2D eigenvalue weighted by atomic mass is 16.5. The topological polar surface area (TPSA) is 87.7 Å². The molecule has 0 unspecified atom stereocenters. The van der Waals surface area contributed by atoms with Crippen LogP contribution in [0, 0.1) is 0 Å². The third kappa shape index (κ3) is 7.31. The van der Waals surface area contributed by atoms with Gasteiger partial charge >= 0.3 is 12.0 Å². The van der Waals surface area contributed by atoms with E-state index in [0.29, 0.717) is 6.42 Å². The van der Waals surface area contributed by atoms with Crippen molar-refractivity contribution in [2.45, 2.75) is 51.8 Å². The SMILES string of the molecule is CC(C)OC(=O)C[C@H](NC(=O)N[C@H](C)Cc1ccc(O)cc1)c1ccccc1. The number of urea groups is 1. The van der Waals surface area contributed by atoms with Crippen molar-refractivity contribution in [2.75, 3.05) is 0 Å². The Morgan fingerprint density at radius 2 is 1.61 bits per heavy atom. The van der Waals surface area contributed by atoms with Gasteiger partial charge in [-0.1, -0.05) is 42.5 Å². The molecule has 0 heterocycles. The number of amides is 2. The molecule has 0 aromatic heterocycles. The second-order valence-corrected chi connectivity index (χ2v) is 7.10. The zero-order valence-corrected chi connectivity index (χ0v) is 16.5. The van der Waals surface area contributed by atoms with Crippen molar-refractivity contribution in [3.8, 4) is 5.75 Å². The molecule has 2 aromatic carbocycles. The Morgan fingerprint density at radius 3 is 2.21 bits per heavy atom. The highest BCUT2D eigenvalue weighted by Gasteiger charge is 2.20. The molecule has 0 radical (unpaired) electrons. The lowest BCUT2D eigenvalue weighted by Crippen LogP contribution is -2.43. The summed E-state index contributed by atoms with van der Waals surface area (Å²) < 4.78 is 5.22. The Balaban J connectivity index is 1.96. The molecule has 28 heavy (non-hydrogen) atoms. The van der Waals surface area contributed by atoms with Crippen molar-refractivity contribution in [1.29, 1.82) is 0 Å². The molecule has 6 heteroatoms. The third-order valence-corrected chi connectivity index (χ3v) is 4.10. The van der Waals surface area contributed by atoms with Crippen molar-refractivity contribution in [3.63, 3.8) is 0 Å². The minimum Gasteiger partial charge on any atom is -0.508 e. The van der Waals surface area contributed by atoms with Gasteiger partial charge in [0.1, 0.15) is 5.75 Å². The summed E-state index contributed by atoms with van der Waals surface area (Å²) in [6.45, 7) is 5.48. The fourth-order valence-corrected chi connectivity index (χ4v) is 2.88. The first-order chi connectivity index (χ1) is 13.3. The summed E-state index contributed by atoms with van der Waals surface area (Å²) in [5.41, 5.74) is 1.84. The Kier molecular flexibility index (Phi) is 7.87. The van der Waals surface area contributed by atoms with Crippen molar-refractivity contribution in [1.82, 2.24) is 10.6 Å². The summed E-state index contributed by atoms with van der Waals surface area (Å²) in [6, 6.07) is 15.3. The minimum atomic E-state index is -0.478. The van der Waals surface area contributed by atoms with Crippen LogP contribution in [-0.2, 0) is 16.0 Å². The number of nitrogens with one attached hydrogen (secondary N) is 2. The summed E-state index contributed by atoms with van der Waals surface area (Å²) in [7, 11) is 0. The molecular formula is C22H28N2O4. The van der Waals surface area contributed by atoms with Gasteiger partial charge in [-0.15, -0.1) is 0 Å². The Hall–Kier alpha value is -3.02. The Morgan fingerprint density at radius 1 is 0.964 bits per heavy atom. The van der Waals surface area contributed by atoms with Crippen LogP contribution in [0.1, 0.15) is 44.4 Å². The van der Waals surface area contributed by atoms with Crippen molar-refractivity contribution in [3.05, 3.63) is 65.7 Å². The van der Waals surface area contributed by atoms with Gasteiger partial charge in [0, 0.05) is 6.04 Å². The smallest absolute Gasteiger partial charge is 0.315 e. The number of carbonyl (C=O) groups is 2. The molecule has 6 nitrogen and oxygen atoms in total. The maximum absolute atomic E-state index is 12.5. The number of hydrogen-bond donors (Lipinski definition) is 3. The number of phenolic OH excluding ortho intramolecular Hbond substituents is 1. The van der Waals surface area contributed by atoms with E-state index in [1.54, 1.807) is 26.0 Å². The molecule has 150 valence electrons.